The fourth-order valence-electron chi connectivity index (χ4n) is 2.78. The zero-order valence-electron chi connectivity index (χ0n) is 13.7. The van der Waals surface area contributed by atoms with Crippen molar-refractivity contribution in [1.82, 2.24) is 4.90 Å². The SMILES string of the molecule is Nc1ccc(Br)cc1C(=O)OCc1ccc(C(=O)N2CCCC2)cc1. The van der Waals surface area contributed by atoms with Crippen molar-refractivity contribution in [2.24, 2.45) is 0 Å². The van der Waals surface area contributed by atoms with Gasteiger partial charge in [0.2, 0.25) is 0 Å². The van der Waals surface area contributed by atoms with Crippen molar-refractivity contribution in [3.05, 3.63) is 63.6 Å². The summed E-state index contributed by atoms with van der Waals surface area (Å²) < 4.78 is 6.08. The molecule has 2 aromatic rings. The van der Waals surface area contributed by atoms with Gasteiger partial charge in [0.25, 0.3) is 5.91 Å². The summed E-state index contributed by atoms with van der Waals surface area (Å²) in [5, 5.41) is 0. The number of hydrogen-bond donors (Lipinski definition) is 1. The molecule has 5 nitrogen and oxygen atoms in total. The zero-order chi connectivity index (χ0) is 17.8. The van der Waals surface area contributed by atoms with Gasteiger partial charge in [-0.25, -0.2) is 4.79 Å². The molecule has 1 aliphatic rings. The summed E-state index contributed by atoms with van der Waals surface area (Å²) in [5.41, 5.74) is 7.99. The number of ether oxygens (including phenoxy) is 1. The molecule has 0 unspecified atom stereocenters. The lowest BCUT2D eigenvalue weighted by molar-refractivity contribution is 0.0473. The first-order valence-electron chi connectivity index (χ1n) is 8.15. The van der Waals surface area contributed by atoms with Gasteiger partial charge in [-0.3, -0.25) is 4.79 Å². The summed E-state index contributed by atoms with van der Waals surface area (Å²) >= 11 is 3.31. The van der Waals surface area contributed by atoms with E-state index in [0.717, 1.165) is 36.0 Å². The van der Waals surface area contributed by atoms with Crippen molar-refractivity contribution in [2.75, 3.05) is 18.8 Å². The van der Waals surface area contributed by atoms with Crippen molar-refractivity contribution >= 4 is 33.5 Å². The van der Waals surface area contributed by atoms with E-state index in [0.29, 0.717) is 16.8 Å². The number of nitrogen functional groups attached to an aromatic ring is 1. The number of nitrogens with zero attached hydrogens (tertiary/aromatic N) is 1. The molecule has 1 aliphatic heterocycles. The van der Waals surface area contributed by atoms with Gasteiger partial charge in [-0.15, -0.1) is 0 Å². The standard InChI is InChI=1S/C19H19BrN2O3/c20-15-7-8-17(21)16(11-15)19(24)25-12-13-3-5-14(6-4-13)18(23)22-9-1-2-10-22/h3-8,11H,1-2,9-10,12,21H2. The van der Waals surface area contributed by atoms with Gasteiger partial charge in [0.15, 0.2) is 0 Å². The van der Waals surface area contributed by atoms with Crippen LogP contribution in [0.3, 0.4) is 0 Å². The van der Waals surface area contributed by atoms with Gasteiger partial charge in [0, 0.05) is 28.8 Å². The van der Waals surface area contributed by atoms with E-state index in [1.165, 1.54) is 0 Å². The third-order valence-electron chi connectivity index (χ3n) is 4.20. The maximum absolute atomic E-state index is 12.3. The van der Waals surface area contributed by atoms with Crippen LogP contribution in [0, 0.1) is 0 Å². The number of likely N-dealkylation sites (tertiary alicyclic amines) is 1. The van der Waals surface area contributed by atoms with E-state index < -0.39 is 5.97 Å². The number of benzene rings is 2. The van der Waals surface area contributed by atoms with Crippen molar-refractivity contribution < 1.29 is 14.3 Å². The average molecular weight is 403 g/mol. The van der Waals surface area contributed by atoms with Gasteiger partial charge in [0.05, 0.1) is 5.56 Å². The van der Waals surface area contributed by atoms with E-state index in [-0.39, 0.29) is 12.5 Å². The number of esters is 1. The molecule has 0 spiro atoms. The Kier molecular flexibility index (Phi) is 5.38. The molecule has 25 heavy (non-hydrogen) atoms. The second-order valence-corrected chi connectivity index (χ2v) is 6.92. The van der Waals surface area contributed by atoms with Crippen molar-refractivity contribution in [2.45, 2.75) is 19.4 Å². The van der Waals surface area contributed by atoms with Crippen LogP contribution in [0.4, 0.5) is 5.69 Å². The molecule has 3 rings (SSSR count). The van der Waals surface area contributed by atoms with Crippen LogP contribution in [0.1, 0.15) is 39.1 Å². The third-order valence-corrected chi connectivity index (χ3v) is 4.69. The Balaban J connectivity index is 1.61. The van der Waals surface area contributed by atoms with E-state index >= 15 is 0 Å². The van der Waals surface area contributed by atoms with Crippen LogP contribution >= 0.6 is 15.9 Å². The van der Waals surface area contributed by atoms with Crippen LogP contribution in [-0.4, -0.2) is 29.9 Å². The average Bonchev–Trinajstić information content (AvgIpc) is 3.16. The highest BCUT2D eigenvalue weighted by molar-refractivity contribution is 9.10. The van der Waals surface area contributed by atoms with E-state index in [9.17, 15) is 9.59 Å². The summed E-state index contributed by atoms with van der Waals surface area (Å²) in [6.45, 7) is 1.78. The number of amides is 1. The first kappa shape index (κ1) is 17.5. The minimum absolute atomic E-state index is 0.0583. The molecule has 1 heterocycles. The first-order valence-corrected chi connectivity index (χ1v) is 8.94. The molecular weight excluding hydrogens is 384 g/mol. The summed E-state index contributed by atoms with van der Waals surface area (Å²) in [5.74, 6) is -0.418. The molecule has 130 valence electrons. The van der Waals surface area contributed by atoms with E-state index in [4.69, 9.17) is 10.5 Å². The van der Waals surface area contributed by atoms with Gasteiger partial charge in [0.1, 0.15) is 6.61 Å². The second kappa shape index (κ2) is 7.70. The van der Waals surface area contributed by atoms with Crippen molar-refractivity contribution in [3.63, 3.8) is 0 Å². The molecule has 0 saturated carbocycles. The fraction of sp³-hybridized carbons (Fsp3) is 0.263. The molecule has 2 N–H and O–H groups in total. The van der Waals surface area contributed by atoms with Gasteiger partial charge in [-0.2, -0.15) is 0 Å². The van der Waals surface area contributed by atoms with Gasteiger partial charge in [-0.1, -0.05) is 28.1 Å². The normalized spacial score (nSPS) is 13.7. The van der Waals surface area contributed by atoms with Crippen LogP contribution in [-0.2, 0) is 11.3 Å². The van der Waals surface area contributed by atoms with Crippen LogP contribution in [0.15, 0.2) is 46.9 Å². The smallest absolute Gasteiger partial charge is 0.340 e. The number of anilines is 1. The minimum atomic E-state index is -0.476. The molecule has 0 aliphatic carbocycles. The fourth-order valence-corrected chi connectivity index (χ4v) is 3.14. The lowest BCUT2D eigenvalue weighted by atomic mass is 10.1. The van der Waals surface area contributed by atoms with Gasteiger partial charge >= 0.3 is 5.97 Å². The molecule has 1 amide bonds. The van der Waals surface area contributed by atoms with Crippen molar-refractivity contribution in [3.8, 4) is 0 Å². The highest BCUT2D eigenvalue weighted by Gasteiger charge is 2.19. The highest BCUT2D eigenvalue weighted by Crippen LogP contribution is 2.20. The van der Waals surface area contributed by atoms with E-state index in [1.54, 1.807) is 42.5 Å². The zero-order valence-corrected chi connectivity index (χ0v) is 15.3. The largest absolute Gasteiger partial charge is 0.457 e. The monoisotopic (exact) mass is 402 g/mol. The quantitative estimate of drug-likeness (QED) is 0.625. The van der Waals surface area contributed by atoms with Crippen LogP contribution < -0.4 is 5.73 Å². The Hall–Kier alpha value is -2.34. The molecular formula is C19H19BrN2O3. The summed E-state index contributed by atoms with van der Waals surface area (Å²) in [6, 6.07) is 12.2. The van der Waals surface area contributed by atoms with Crippen LogP contribution in [0.2, 0.25) is 0 Å². The molecule has 0 aromatic heterocycles. The Morgan fingerprint density at radius 2 is 1.76 bits per heavy atom. The molecule has 2 aromatic carbocycles. The number of rotatable bonds is 4. The molecule has 0 bridgehead atoms. The predicted octanol–water partition coefficient (Wildman–Crippen LogP) is 3.62. The Morgan fingerprint density at radius 3 is 2.44 bits per heavy atom. The number of nitrogens with two attached hydrogens (primary N) is 1. The lowest BCUT2D eigenvalue weighted by Crippen LogP contribution is -2.27. The second-order valence-electron chi connectivity index (χ2n) is 6.00. The van der Waals surface area contributed by atoms with E-state index in [2.05, 4.69) is 15.9 Å². The first-order chi connectivity index (χ1) is 12.0. The van der Waals surface area contributed by atoms with Gasteiger partial charge in [-0.05, 0) is 48.7 Å². The van der Waals surface area contributed by atoms with Crippen LogP contribution in [0.25, 0.3) is 0 Å². The highest BCUT2D eigenvalue weighted by atomic mass is 79.9. The predicted molar refractivity (Wildman–Crippen MR) is 99.3 cm³/mol. The lowest BCUT2D eigenvalue weighted by Gasteiger charge is -2.15. The Labute approximate surface area is 154 Å². The van der Waals surface area contributed by atoms with E-state index in [1.807, 2.05) is 4.90 Å². The maximum Gasteiger partial charge on any atom is 0.340 e. The number of halogens is 1. The van der Waals surface area contributed by atoms with Gasteiger partial charge < -0.3 is 15.4 Å². The topological polar surface area (TPSA) is 72.6 Å². The summed E-state index contributed by atoms with van der Waals surface area (Å²) in [6.07, 6.45) is 2.14. The number of hydrogen-bond acceptors (Lipinski definition) is 4. The molecule has 6 heteroatoms. The minimum Gasteiger partial charge on any atom is -0.457 e. The Morgan fingerprint density at radius 1 is 1.08 bits per heavy atom. The molecule has 0 radical (unpaired) electrons. The third kappa shape index (κ3) is 4.20. The summed E-state index contributed by atoms with van der Waals surface area (Å²) in [7, 11) is 0. The summed E-state index contributed by atoms with van der Waals surface area (Å²) in [4.78, 5) is 26.3. The van der Waals surface area contributed by atoms with Crippen molar-refractivity contribution in [1.29, 1.82) is 0 Å². The molecule has 1 saturated heterocycles. The van der Waals surface area contributed by atoms with Crippen LogP contribution in [0.5, 0.6) is 0 Å². The number of carbonyl (C=O) groups is 2. The maximum atomic E-state index is 12.3. The molecule has 1 fully saturated rings. The molecule has 0 atom stereocenters. The number of carbonyl (C=O) groups excluding carboxylic acids is 2. The Bertz CT molecular complexity index is 784.